The van der Waals surface area contributed by atoms with Crippen molar-refractivity contribution in [1.29, 1.82) is 0 Å². The molecule has 0 aliphatic carbocycles. The molecule has 0 saturated heterocycles. The SMILES string of the molecule is CCCCOC(=O)[C@@H](CC)CC(=O)[C@H](Cc1ccccc1)N(Cc1ccccc1)Cc1ccccc1. The summed E-state index contributed by atoms with van der Waals surface area (Å²) >= 11 is 0. The van der Waals surface area contributed by atoms with Gasteiger partial charge in [0.25, 0.3) is 0 Å². The number of carbonyl (C=O) groups is 2. The zero-order valence-corrected chi connectivity index (χ0v) is 21.6. The summed E-state index contributed by atoms with van der Waals surface area (Å²) in [4.78, 5) is 28.9. The molecule has 0 spiro atoms. The van der Waals surface area contributed by atoms with Crippen LogP contribution in [-0.4, -0.2) is 29.3 Å². The van der Waals surface area contributed by atoms with Crippen LogP contribution in [0.2, 0.25) is 0 Å². The van der Waals surface area contributed by atoms with Crippen molar-refractivity contribution in [3.8, 4) is 0 Å². The van der Waals surface area contributed by atoms with Gasteiger partial charge in [0.15, 0.2) is 5.78 Å². The molecular weight excluding hydrogens is 446 g/mol. The van der Waals surface area contributed by atoms with Gasteiger partial charge in [-0.3, -0.25) is 14.5 Å². The van der Waals surface area contributed by atoms with Crippen molar-refractivity contribution >= 4 is 11.8 Å². The second-order valence-corrected chi connectivity index (χ2v) is 9.38. The first-order chi connectivity index (χ1) is 17.6. The average molecular weight is 486 g/mol. The highest BCUT2D eigenvalue weighted by atomic mass is 16.5. The number of benzene rings is 3. The van der Waals surface area contributed by atoms with Crippen LogP contribution in [0.15, 0.2) is 91.0 Å². The first-order valence-electron chi connectivity index (χ1n) is 13.2. The van der Waals surface area contributed by atoms with Crippen molar-refractivity contribution in [2.24, 2.45) is 5.92 Å². The van der Waals surface area contributed by atoms with Gasteiger partial charge in [-0.25, -0.2) is 0 Å². The molecule has 0 amide bonds. The second-order valence-electron chi connectivity index (χ2n) is 9.38. The second kappa shape index (κ2) is 15.0. The van der Waals surface area contributed by atoms with Crippen LogP contribution in [0.5, 0.6) is 0 Å². The van der Waals surface area contributed by atoms with Gasteiger partial charge in [-0.2, -0.15) is 0 Å². The summed E-state index contributed by atoms with van der Waals surface area (Å²) in [6.07, 6.45) is 3.19. The molecule has 0 aromatic heterocycles. The van der Waals surface area contributed by atoms with E-state index >= 15 is 0 Å². The Morgan fingerprint density at radius 3 is 1.72 bits per heavy atom. The minimum atomic E-state index is -0.414. The Bertz CT molecular complexity index is 995. The Morgan fingerprint density at radius 1 is 0.750 bits per heavy atom. The minimum absolute atomic E-state index is 0.0880. The summed E-state index contributed by atoms with van der Waals surface area (Å²) in [5, 5.41) is 0. The molecular formula is C32H39NO3. The number of unbranched alkanes of at least 4 members (excludes halogenated alkanes) is 1. The fourth-order valence-corrected chi connectivity index (χ4v) is 4.40. The maximum absolute atomic E-state index is 13.9. The van der Waals surface area contributed by atoms with E-state index in [1.165, 1.54) is 0 Å². The van der Waals surface area contributed by atoms with E-state index in [9.17, 15) is 9.59 Å². The molecule has 4 heteroatoms. The molecule has 3 aromatic rings. The molecule has 0 heterocycles. The number of hydrogen-bond donors (Lipinski definition) is 0. The maximum atomic E-state index is 13.9. The summed E-state index contributed by atoms with van der Waals surface area (Å²) in [6, 6.07) is 30.3. The van der Waals surface area contributed by atoms with Crippen LogP contribution in [0.1, 0.15) is 56.2 Å². The largest absolute Gasteiger partial charge is 0.465 e. The lowest BCUT2D eigenvalue weighted by Gasteiger charge is -2.32. The van der Waals surface area contributed by atoms with Gasteiger partial charge in [0.1, 0.15) is 0 Å². The van der Waals surface area contributed by atoms with Crippen LogP contribution in [0.4, 0.5) is 0 Å². The highest BCUT2D eigenvalue weighted by Gasteiger charge is 2.30. The molecule has 0 radical (unpaired) electrons. The van der Waals surface area contributed by atoms with Gasteiger partial charge in [0.2, 0.25) is 0 Å². The number of carbonyl (C=O) groups excluding carboxylic acids is 2. The topological polar surface area (TPSA) is 46.6 Å². The molecule has 0 N–H and O–H groups in total. The fourth-order valence-electron chi connectivity index (χ4n) is 4.40. The summed E-state index contributed by atoms with van der Waals surface area (Å²) in [5.41, 5.74) is 3.43. The van der Waals surface area contributed by atoms with E-state index in [-0.39, 0.29) is 24.2 Å². The number of rotatable bonds is 15. The summed E-state index contributed by atoms with van der Waals surface area (Å²) in [7, 11) is 0. The van der Waals surface area contributed by atoms with E-state index < -0.39 is 5.92 Å². The van der Waals surface area contributed by atoms with Gasteiger partial charge in [0.05, 0.1) is 18.6 Å². The number of ketones is 1. The van der Waals surface area contributed by atoms with E-state index in [2.05, 4.69) is 48.2 Å². The molecule has 190 valence electrons. The molecule has 3 aromatic carbocycles. The first kappa shape index (κ1) is 27.3. The van der Waals surface area contributed by atoms with Crippen LogP contribution in [0.25, 0.3) is 0 Å². The van der Waals surface area contributed by atoms with Crippen LogP contribution >= 0.6 is 0 Å². The highest BCUT2D eigenvalue weighted by Crippen LogP contribution is 2.22. The van der Waals surface area contributed by atoms with Gasteiger partial charge in [-0.1, -0.05) is 111 Å². The summed E-state index contributed by atoms with van der Waals surface area (Å²) in [6.45, 7) is 5.74. The van der Waals surface area contributed by atoms with Gasteiger partial charge >= 0.3 is 5.97 Å². The number of hydrogen-bond acceptors (Lipinski definition) is 4. The van der Waals surface area contributed by atoms with Crippen LogP contribution in [0, 0.1) is 5.92 Å². The Morgan fingerprint density at radius 2 is 1.25 bits per heavy atom. The number of esters is 1. The monoisotopic (exact) mass is 485 g/mol. The lowest BCUT2D eigenvalue weighted by molar-refractivity contribution is -0.150. The average Bonchev–Trinajstić information content (AvgIpc) is 2.91. The van der Waals surface area contributed by atoms with E-state index in [1.54, 1.807) is 0 Å². The molecule has 0 fully saturated rings. The molecule has 0 unspecified atom stereocenters. The third kappa shape index (κ3) is 8.76. The van der Waals surface area contributed by atoms with Crippen molar-refractivity contribution in [2.75, 3.05) is 6.61 Å². The van der Waals surface area contributed by atoms with Crippen molar-refractivity contribution < 1.29 is 14.3 Å². The summed E-state index contributed by atoms with van der Waals surface area (Å²) < 4.78 is 5.48. The van der Waals surface area contributed by atoms with E-state index in [0.29, 0.717) is 32.5 Å². The summed E-state index contributed by atoms with van der Waals surface area (Å²) in [5.74, 6) is -0.580. The smallest absolute Gasteiger partial charge is 0.309 e. The Kier molecular flexibility index (Phi) is 11.4. The Labute approximate surface area is 216 Å². The first-order valence-corrected chi connectivity index (χ1v) is 13.2. The number of nitrogens with zero attached hydrogens (tertiary/aromatic N) is 1. The predicted molar refractivity (Wildman–Crippen MR) is 145 cm³/mol. The van der Waals surface area contributed by atoms with Crippen molar-refractivity contribution in [3.63, 3.8) is 0 Å². The minimum Gasteiger partial charge on any atom is -0.465 e. The fraction of sp³-hybridized carbons (Fsp3) is 0.375. The lowest BCUT2D eigenvalue weighted by Crippen LogP contribution is -2.43. The van der Waals surface area contributed by atoms with Gasteiger partial charge in [-0.05, 0) is 36.0 Å². The zero-order valence-electron chi connectivity index (χ0n) is 21.6. The van der Waals surface area contributed by atoms with Crippen LogP contribution < -0.4 is 0 Å². The number of ether oxygens (including phenoxy) is 1. The quantitative estimate of drug-likeness (QED) is 0.179. The normalized spacial score (nSPS) is 12.8. The lowest BCUT2D eigenvalue weighted by atomic mass is 9.91. The predicted octanol–water partition coefficient (Wildman–Crippen LogP) is 6.63. The Hall–Kier alpha value is -3.24. The van der Waals surface area contributed by atoms with Crippen molar-refractivity contribution in [1.82, 2.24) is 4.90 Å². The number of Topliss-reactive ketones (excluding diaryl/α,β-unsaturated/α-hetero) is 1. The van der Waals surface area contributed by atoms with Gasteiger partial charge in [0, 0.05) is 19.5 Å². The van der Waals surface area contributed by atoms with E-state index in [0.717, 1.165) is 29.5 Å². The third-order valence-corrected chi connectivity index (χ3v) is 6.56. The van der Waals surface area contributed by atoms with Crippen LogP contribution in [0.3, 0.4) is 0 Å². The van der Waals surface area contributed by atoms with Crippen molar-refractivity contribution in [2.45, 2.75) is 65.1 Å². The molecule has 3 rings (SSSR count). The van der Waals surface area contributed by atoms with Crippen LogP contribution in [-0.2, 0) is 33.8 Å². The molecule has 0 bridgehead atoms. The molecule has 4 nitrogen and oxygen atoms in total. The van der Waals surface area contributed by atoms with Crippen molar-refractivity contribution in [3.05, 3.63) is 108 Å². The molecule has 2 atom stereocenters. The van der Waals surface area contributed by atoms with Gasteiger partial charge < -0.3 is 4.74 Å². The Balaban J connectivity index is 1.88. The zero-order chi connectivity index (χ0) is 25.6. The molecule has 0 aliphatic heterocycles. The maximum Gasteiger partial charge on any atom is 0.309 e. The molecule has 0 aliphatic rings. The standard InChI is InChI=1S/C32H39NO3/c1-3-5-21-36-32(35)29(4-2)23-31(34)30(22-26-15-9-6-10-16-26)33(24-27-17-11-7-12-18-27)25-28-19-13-8-14-20-28/h6-20,29-30H,3-5,21-25H2,1-2H3/t29-,30-/m0/s1. The van der Waals surface area contributed by atoms with E-state index in [4.69, 9.17) is 4.74 Å². The molecule has 0 saturated carbocycles. The van der Waals surface area contributed by atoms with E-state index in [1.807, 2.05) is 61.5 Å². The third-order valence-electron chi connectivity index (χ3n) is 6.56. The highest BCUT2D eigenvalue weighted by molar-refractivity contribution is 5.88. The molecule has 36 heavy (non-hydrogen) atoms. The van der Waals surface area contributed by atoms with Gasteiger partial charge in [-0.15, -0.1) is 0 Å².